The fraction of sp³-hybridized carbons (Fsp3) is 0.238. The minimum atomic E-state index is -0.00359. The van der Waals surface area contributed by atoms with Gasteiger partial charge < -0.3 is 4.90 Å². The largest absolute Gasteiger partial charge is 0.337 e. The smallest absolute Gasteiger partial charge is 0.257 e. The molecule has 0 radical (unpaired) electrons. The molecule has 0 spiro atoms. The Hall–Kier alpha value is -2.53. The number of amides is 1. The molecule has 26 heavy (non-hydrogen) atoms. The molecule has 1 amide bonds. The Labute approximate surface area is 158 Å². The lowest BCUT2D eigenvalue weighted by atomic mass is 10.1. The molecular formula is C21H23N3OS. The summed E-state index contributed by atoms with van der Waals surface area (Å²) in [5.74, 6) is -0.00359. The van der Waals surface area contributed by atoms with E-state index in [1.54, 1.807) is 16.7 Å². The molecule has 0 atom stereocenters. The van der Waals surface area contributed by atoms with Crippen LogP contribution in [0.1, 0.15) is 27.3 Å². The topological polar surface area (TPSA) is 38.1 Å². The first-order chi connectivity index (χ1) is 12.5. The average molecular weight is 366 g/mol. The second kappa shape index (κ2) is 7.79. The van der Waals surface area contributed by atoms with E-state index in [9.17, 15) is 4.79 Å². The summed E-state index contributed by atoms with van der Waals surface area (Å²) >= 11 is 1.71. The van der Waals surface area contributed by atoms with Crippen LogP contribution in [-0.4, -0.2) is 33.9 Å². The van der Waals surface area contributed by atoms with Crippen LogP contribution in [-0.2, 0) is 6.54 Å². The Morgan fingerprint density at radius 1 is 1.08 bits per heavy atom. The molecular weight excluding hydrogens is 342 g/mol. The number of hydrogen-bond donors (Lipinski definition) is 0. The Bertz CT molecular complexity index is 901. The maximum absolute atomic E-state index is 13.0. The molecule has 0 aliphatic heterocycles. The molecule has 0 saturated heterocycles. The fourth-order valence-corrected chi connectivity index (χ4v) is 3.45. The van der Waals surface area contributed by atoms with E-state index in [0.29, 0.717) is 12.1 Å². The van der Waals surface area contributed by atoms with E-state index in [1.807, 2.05) is 55.9 Å². The van der Waals surface area contributed by atoms with Crippen LogP contribution in [0.2, 0.25) is 0 Å². The second-order valence-corrected chi connectivity index (χ2v) is 7.18. The molecule has 1 aromatic heterocycles. The first-order valence-electron chi connectivity index (χ1n) is 8.51. The Morgan fingerprint density at radius 2 is 1.73 bits per heavy atom. The molecule has 3 rings (SSSR count). The van der Waals surface area contributed by atoms with Crippen LogP contribution in [0.4, 0.5) is 0 Å². The van der Waals surface area contributed by atoms with E-state index in [-0.39, 0.29) is 5.91 Å². The summed E-state index contributed by atoms with van der Waals surface area (Å²) in [6, 6.07) is 18.2. The van der Waals surface area contributed by atoms with Crippen molar-refractivity contribution in [3.63, 3.8) is 0 Å². The van der Waals surface area contributed by atoms with Gasteiger partial charge in [0.15, 0.2) is 0 Å². The highest BCUT2D eigenvalue weighted by atomic mass is 32.2. The van der Waals surface area contributed by atoms with Crippen molar-refractivity contribution >= 4 is 17.7 Å². The Balaban J connectivity index is 1.83. The normalized spacial score (nSPS) is 10.8. The van der Waals surface area contributed by atoms with Crippen LogP contribution in [0.15, 0.2) is 59.5 Å². The summed E-state index contributed by atoms with van der Waals surface area (Å²) in [5, 5.41) is 4.58. The van der Waals surface area contributed by atoms with Crippen LogP contribution in [0.25, 0.3) is 5.69 Å². The third-order valence-corrected chi connectivity index (χ3v) is 5.18. The number of nitrogens with zero attached hydrogens (tertiary/aromatic N) is 3. The van der Waals surface area contributed by atoms with E-state index in [4.69, 9.17) is 0 Å². The molecule has 0 aliphatic carbocycles. The van der Waals surface area contributed by atoms with Crippen molar-refractivity contribution in [1.29, 1.82) is 0 Å². The minimum absolute atomic E-state index is 0.00359. The zero-order valence-corrected chi connectivity index (χ0v) is 16.4. The van der Waals surface area contributed by atoms with Crippen LogP contribution < -0.4 is 0 Å². The van der Waals surface area contributed by atoms with Crippen molar-refractivity contribution in [2.75, 3.05) is 13.3 Å². The van der Waals surface area contributed by atoms with E-state index in [2.05, 4.69) is 35.6 Å². The quantitative estimate of drug-likeness (QED) is 0.626. The van der Waals surface area contributed by atoms with E-state index >= 15 is 0 Å². The van der Waals surface area contributed by atoms with Crippen molar-refractivity contribution in [3.05, 3.63) is 77.1 Å². The molecule has 1 heterocycles. The molecule has 0 N–H and O–H groups in total. The predicted octanol–water partition coefficient (Wildman–Crippen LogP) is 4.48. The second-order valence-electron chi connectivity index (χ2n) is 6.30. The highest BCUT2D eigenvalue weighted by molar-refractivity contribution is 7.98. The molecule has 0 fully saturated rings. The average Bonchev–Trinajstić information content (AvgIpc) is 2.96. The number of thioether (sulfide) groups is 1. The summed E-state index contributed by atoms with van der Waals surface area (Å²) in [7, 11) is 1.84. The van der Waals surface area contributed by atoms with Gasteiger partial charge in [0.25, 0.3) is 5.91 Å². The number of aromatic nitrogens is 2. The summed E-state index contributed by atoms with van der Waals surface area (Å²) in [6.07, 6.45) is 2.06. The van der Waals surface area contributed by atoms with Crippen LogP contribution in [0.5, 0.6) is 0 Å². The first-order valence-corrected chi connectivity index (χ1v) is 9.73. The third kappa shape index (κ3) is 3.68. The molecule has 0 saturated carbocycles. The maximum atomic E-state index is 13.0. The molecule has 4 nitrogen and oxygen atoms in total. The summed E-state index contributed by atoms with van der Waals surface area (Å²) < 4.78 is 1.84. The van der Waals surface area contributed by atoms with Gasteiger partial charge in [0.1, 0.15) is 0 Å². The van der Waals surface area contributed by atoms with Crippen LogP contribution >= 0.6 is 11.8 Å². The lowest BCUT2D eigenvalue weighted by molar-refractivity contribution is 0.0783. The van der Waals surface area contributed by atoms with Gasteiger partial charge in [0.05, 0.1) is 22.6 Å². The SMILES string of the molecule is CSc1ccc(CN(C)C(=O)c2c(C)nn(-c3ccccc3)c2C)cc1. The third-order valence-electron chi connectivity index (χ3n) is 4.43. The van der Waals surface area contributed by atoms with Gasteiger partial charge in [-0.05, 0) is 49.9 Å². The van der Waals surface area contributed by atoms with Gasteiger partial charge in [-0.3, -0.25) is 4.79 Å². The number of benzene rings is 2. The Kier molecular flexibility index (Phi) is 5.47. The van der Waals surface area contributed by atoms with Crippen molar-refractivity contribution < 1.29 is 4.79 Å². The lowest BCUT2D eigenvalue weighted by Crippen LogP contribution is -2.27. The zero-order valence-electron chi connectivity index (χ0n) is 15.6. The van der Waals surface area contributed by atoms with E-state index < -0.39 is 0 Å². The van der Waals surface area contributed by atoms with Gasteiger partial charge in [-0.15, -0.1) is 11.8 Å². The summed E-state index contributed by atoms with van der Waals surface area (Å²) in [5.41, 5.74) is 4.37. The minimum Gasteiger partial charge on any atom is -0.337 e. The molecule has 3 aromatic rings. The fourth-order valence-electron chi connectivity index (χ4n) is 3.04. The number of hydrogen-bond acceptors (Lipinski definition) is 3. The Morgan fingerprint density at radius 3 is 2.35 bits per heavy atom. The van der Waals surface area contributed by atoms with Gasteiger partial charge in [0.2, 0.25) is 0 Å². The van der Waals surface area contributed by atoms with Crippen LogP contribution in [0, 0.1) is 13.8 Å². The van der Waals surface area contributed by atoms with Gasteiger partial charge in [0, 0.05) is 18.5 Å². The van der Waals surface area contributed by atoms with Gasteiger partial charge in [-0.1, -0.05) is 30.3 Å². The van der Waals surface area contributed by atoms with Gasteiger partial charge in [-0.2, -0.15) is 5.10 Å². The van der Waals surface area contributed by atoms with Crippen molar-refractivity contribution in [2.24, 2.45) is 0 Å². The summed E-state index contributed by atoms with van der Waals surface area (Å²) in [4.78, 5) is 16.0. The highest BCUT2D eigenvalue weighted by Crippen LogP contribution is 2.21. The highest BCUT2D eigenvalue weighted by Gasteiger charge is 2.22. The van der Waals surface area contributed by atoms with Crippen molar-refractivity contribution in [2.45, 2.75) is 25.3 Å². The van der Waals surface area contributed by atoms with Crippen LogP contribution in [0.3, 0.4) is 0 Å². The van der Waals surface area contributed by atoms with Gasteiger partial charge in [-0.25, -0.2) is 4.68 Å². The standard InChI is InChI=1S/C21H23N3OS/c1-15-20(16(2)24(22-15)18-8-6-5-7-9-18)21(25)23(3)14-17-10-12-19(26-4)13-11-17/h5-13H,14H2,1-4H3. The molecule has 0 bridgehead atoms. The van der Waals surface area contributed by atoms with E-state index in [1.165, 1.54) is 4.90 Å². The first kappa shape index (κ1) is 18.3. The molecule has 2 aromatic carbocycles. The number of carbonyl (C=O) groups excluding carboxylic acids is 1. The summed E-state index contributed by atoms with van der Waals surface area (Å²) in [6.45, 7) is 4.41. The van der Waals surface area contributed by atoms with Crippen molar-refractivity contribution in [3.8, 4) is 5.69 Å². The monoisotopic (exact) mass is 365 g/mol. The van der Waals surface area contributed by atoms with Crippen molar-refractivity contribution in [1.82, 2.24) is 14.7 Å². The number of para-hydroxylation sites is 1. The number of carbonyl (C=O) groups is 1. The van der Waals surface area contributed by atoms with Gasteiger partial charge >= 0.3 is 0 Å². The lowest BCUT2D eigenvalue weighted by Gasteiger charge is -2.18. The predicted molar refractivity (Wildman–Crippen MR) is 107 cm³/mol. The maximum Gasteiger partial charge on any atom is 0.257 e. The number of rotatable bonds is 5. The zero-order chi connectivity index (χ0) is 18.7. The molecule has 0 aliphatic rings. The number of aryl methyl sites for hydroxylation is 1. The molecule has 0 unspecified atom stereocenters. The molecule has 134 valence electrons. The molecule has 5 heteroatoms. The van der Waals surface area contributed by atoms with E-state index in [0.717, 1.165) is 22.6 Å².